The number of carbonyl (C=O) groups excluding carboxylic acids is 1. The van der Waals surface area contributed by atoms with E-state index in [1.165, 1.54) is 11.3 Å². The van der Waals surface area contributed by atoms with Gasteiger partial charge in [0.1, 0.15) is 6.04 Å². The fourth-order valence-corrected chi connectivity index (χ4v) is 1.46. The van der Waals surface area contributed by atoms with E-state index in [-0.39, 0.29) is 0 Å². The lowest BCUT2D eigenvalue weighted by molar-refractivity contribution is -0.109. The molecule has 0 saturated heterocycles. The quantitative estimate of drug-likeness (QED) is 0.545. The van der Waals surface area contributed by atoms with Crippen LogP contribution < -0.4 is 11.1 Å². The molecule has 1 rings (SSSR count). The van der Waals surface area contributed by atoms with Crippen molar-refractivity contribution >= 4 is 40.5 Å². The van der Waals surface area contributed by atoms with Crippen LogP contribution in [0.15, 0.2) is 5.38 Å². The van der Waals surface area contributed by atoms with Crippen LogP contribution in [-0.2, 0) is 4.79 Å². The van der Waals surface area contributed by atoms with Gasteiger partial charge in [-0.3, -0.25) is 4.79 Å². The average molecular weight is 200 g/mol. The van der Waals surface area contributed by atoms with Gasteiger partial charge in [0.05, 0.1) is 11.1 Å². The first-order valence-corrected chi connectivity index (χ1v) is 4.35. The Balaban J connectivity index is 2.78. The molecule has 1 aromatic rings. The van der Waals surface area contributed by atoms with Crippen LogP contribution in [0.4, 0.5) is 5.13 Å². The highest BCUT2D eigenvalue weighted by Crippen LogP contribution is 2.16. The van der Waals surface area contributed by atoms with E-state index >= 15 is 0 Å². The Labute approximate surface area is 78.8 Å². The zero-order chi connectivity index (χ0) is 8.97. The van der Waals surface area contributed by atoms with Crippen molar-refractivity contribution in [3.63, 3.8) is 0 Å². The van der Waals surface area contributed by atoms with Crippen molar-refractivity contribution in [2.45, 2.75) is 6.04 Å². The lowest BCUT2D eigenvalue weighted by Gasteiger charge is -2.04. The van der Waals surface area contributed by atoms with Crippen LogP contribution in [-0.4, -0.2) is 16.8 Å². The topological polar surface area (TPSA) is 68.0 Å². The van der Waals surface area contributed by atoms with Gasteiger partial charge in [-0.05, 0) is 0 Å². The minimum Gasteiger partial charge on any atom is -0.375 e. The normalized spacial score (nSPS) is 12.0. The molecule has 1 atom stereocenters. The molecule has 0 fully saturated rings. The number of hydrogen-bond donors (Lipinski definition) is 2. The van der Waals surface area contributed by atoms with Crippen molar-refractivity contribution in [3.8, 4) is 0 Å². The highest BCUT2D eigenvalue weighted by molar-refractivity contribution is 7.79. The predicted octanol–water partition coefficient (Wildman–Crippen LogP) is 0.389. The Kier molecular flexibility index (Phi) is 3.12. The molecule has 0 bridgehead atoms. The Morgan fingerprint density at radius 2 is 2.67 bits per heavy atom. The largest absolute Gasteiger partial charge is 0.375 e. The molecule has 1 aromatic heterocycles. The number of carbonyl (C=O) groups is 1. The standard InChI is InChI=1S/C6H6N3OS2/c7-6-9-5(2-12-6)4(1-11)8-3-10/h2-4H,(H2,7,9)(H,8,10). The molecular weight excluding hydrogens is 194 g/mol. The Morgan fingerprint density at radius 1 is 1.92 bits per heavy atom. The summed E-state index contributed by atoms with van der Waals surface area (Å²) >= 11 is 5.88. The van der Waals surface area contributed by atoms with E-state index in [1.807, 2.05) is 0 Å². The van der Waals surface area contributed by atoms with Gasteiger partial charge in [-0.2, -0.15) is 0 Å². The molecule has 6 heteroatoms. The Hall–Kier alpha value is -1.01. The van der Waals surface area contributed by atoms with Gasteiger partial charge in [-0.25, -0.2) is 4.98 Å². The molecule has 0 aliphatic rings. The van der Waals surface area contributed by atoms with Crippen LogP contribution in [0.2, 0.25) is 0 Å². The number of aromatic nitrogens is 1. The zero-order valence-corrected chi connectivity index (χ0v) is 7.61. The number of nitrogens with two attached hydrogens (primary N) is 1. The van der Waals surface area contributed by atoms with Gasteiger partial charge in [0.15, 0.2) is 5.13 Å². The predicted molar refractivity (Wildman–Crippen MR) is 51.1 cm³/mol. The summed E-state index contributed by atoms with van der Waals surface area (Å²) in [7, 11) is 0. The number of nitrogen functional groups attached to an aromatic ring is 1. The van der Waals surface area contributed by atoms with Crippen molar-refractivity contribution in [1.82, 2.24) is 10.3 Å². The van der Waals surface area contributed by atoms with Crippen molar-refractivity contribution in [2.24, 2.45) is 0 Å². The molecule has 63 valence electrons. The summed E-state index contributed by atoms with van der Waals surface area (Å²) in [5.74, 6) is 0. The van der Waals surface area contributed by atoms with Crippen LogP contribution in [0.5, 0.6) is 0 Å². The summed E-state index contributed by atoms with van der Waals surface area (Å²) in [5, 5.41) is 7.10. The molecule has 1 unspecified atom stereocenters. The lowest BCUT2D eigenvalue weighted by Crippen LogP contribution is -2.20. The number of thiazole rings is 1. The van der Waals surface area contributed by atoms with Crippen molar-refractivity contribution in [2.75, 3.05) is 5.73 Å². The summed E-state index contributed by atoms with van der Waals surface area (Å²) in [6.45, 7) is 0. The van der Waals surface area contributed by atoms with E-state index in [4.69, 9.17) is 5.73 Å². The third-order valence-corrected chi connectivity index (χ3v) is 2.12. The van der Waals surface area contributed by atoms with Gasteiger partial charge < -0.3 is 11.1 Å². The second-order valence-corrected chi connectivity index (χ2v) is 3.07. The lowest BCUT2D eigenvalue weighted by atomic mass is 10.3. The highest BCUT2D eigenvalue weighted by Gasteiger charge is 2.10. The molecule has 0 aromatic carbocycles. The summed E-state index contributed by atoms with van der Waals surface area (Å²) in [5.41, 5.74) is 6.02. The van der Waals surface area contributed by atoms with E-state index in [0.29, 0.717) is 17.2 Å². The maximum absolute atomic E-state index is 10.1. The van der Waals surface area contributed by atoms with E-state index in [2.05, 4.69) is 27.9 Å². The second-order valence-electron chi connectivity index (χ2n) is 1.95. The van der Waals surface area contributed by atoms with Gasteiger partial charge in [-0.15, -0.1) is 11.3 Å². The van der Waals surface area contributed by atoms with Crippen LogP contribution in [0, 0.1) is 0 Å². The molecule has 0 aliphatic heterocycles. The van der Waals surface area contributed by atoms with Crippen LogP contribution >= 0.6 is 23.6 Å². The van der Waals surface area contributed by atoms with E-state index in [1.54, 1.807) is 5.38 Å². The number of hydrogen-bond acceptors (Lipinski definition) is 5. The molecule has 1 amide bonds. The van der Waals surface area contributed by atoms with Crippen molar-refractivity contribution < 1.29 is 4.79 Å². The third kappa shape index (κ3) is 1.99. The fourth-order valence-electron chi connectivity index (χ4n) is 0.681. The van der Waals surface area contributed by atoms with E-state index in [9.17, 15) is 4.79 Å². The minimum atomic E-state index is -0.439. The molecule has 1 radical (unpaired) electrons. The first kappa shape index (κ1) is 9.08. The fraction of sp³-hybridized carbons (Fsp3) is 0.167. The molecule has 0 saturated carbocycles. The second kappa shape index (κ2) is 4.13. The maximum Gasteiger partial charge on any atom is 0.207 e. The minimum absolute atomic E-state index is 0.439. The van der Waals surface area contributed by atoms with E-state index in [0.717, 1.165) is 0 Å². The molecule has 12 heavy (non-hydrogen) atoms. The number of rotatable bonds is 4. The molecule has 4 nitrogen and oxygen atoms in total. The van der Waals surface area contributed by atoms with Gasteiger partial charge in [0.25, 0.3) is 0 Å². The van der Waals surface area contributed by atoms with Crippen LogP contribution in [0.25, 0.3) is 0 Å². The van der Waals surface area contributed by atoms with Crippen LogP contribution in [0.1, 0.15) is 11.7 Å². The summed E-state index contributed by atoms with van der Waals surface area (Å²) < 4.78 is 0. The smallest absolute Gasteiger partial charge is 0.207 e. The number of thiocarbonyl (C=S) groups is 1. The molecule has 3 N–H and O–H groups in total. The number of amides is 1. The monoisotopic (exact) mass is 200 g/mol. The van der Waals surface area contributed by atoms with Gasteiger partial charge in [0, 0.05) is 5.38 Å². The number of nitrogens with one attached hydrogen (secondary N) is 1. The SMILES string of the molecule is Nc1nc(C([C]=S)NC=O)cs1. The summed E-state index contributed by atoms with van der Waals surface area (Å²) in [6, 6.07) is -0.439. The summed E-state index contributed by atoms with van der Waals surface area (Å²) in [6.07, 6.45) is 0.555. The number of anilines is 1. The third-order valence-electron chi connectivity index (χ3n) is 1.19. The molecule has 0 aliphatic carbocycles. The Morgan fingerprint density at radius 3 is 3.08 bits per heavy atom. The average Bonchev–Trinajstić information content (AvgIpc) is 2.47. The molecular formula is C6H6N3OS2. The first-order chi connectivity index (χ1) is 5.77. The van der Waals surface area contributed by atoms with Gasteiger partial charge in [0.2, 0.25) is 6.41 Å². The summed E-state index contributed by atoms with van der Waals surface area (Å²) in [4.78, 5) is 14.0. The van der Waals surface area contributed by atoms with Crippen molar-refractivity contribution in [1.29, 1.82) is 0 Å². The van der Waals surface area contributed by atoms with Gasteiger partial charge >= 0.3 is 0 Å². The first-order valence-electron chi connectivity index (χ1n) is 3.06. The van der Waals surface area contributed by atoms with Gasteiger partial charge in [-0.1, -0.05) is 12.2 Å². The maximum atomic E-state index is 10.1. The molecule has 1 heterocycles. The van der Waals surface area contributed by atoms with E-state index < -0.39 is 6.04 Å². The zero-order valence-electron chi connectivity index (χ0n) is 5.98. The molecule has 0 spiro atoms. The highest BCUT2D eigenvalue weighted by atomic mass is 32.1. The number of nitrogens with zero attached hydrogens (tertiary/aromatic N) is 1. The van der Waals surface area contributed by atoms with Crippen molar-refractivity contribution in [3.05, 3.63) is 11.1 Å². The van der Waals surface area contributed by atoms with Crippen LogP contribution in [0.3, 0.4) is 0 Å². The Bertz CT molecular complexity index is 286.